The molecular formula is C14H25N5O3. The number of nitrogens with two attached hydrogens (primary N) is 1. The predicted octanol–water partition coefficient (Wildman–Crippen LogP) is -1.10. The third-order valence-corrected chi connectivity index (χ3v) is 3.17. The number of amides is 2. The summed E-state index contributed by atoms with van der Waals surface area (Å²) in [5.74, 6) is -0.284. The van der Waals surface area contributed by atoms with Crippen molar-refractivity contribution in [2.45, 2.75) is 18.9 Å². The Morgan fingerprint density at radius 1 is 1.50 bits per heavy atom. The molecule has 2 amide bonds. The Hall–Kier alpha value is -1.93. The summed E-state index contributed by atoms with van der Waals surface area (Å²) in [6, 6.07) is -0.605. The fourth-order valence-corrected chi connectivity index (χ4v) is 1.70. The molecule has 1 unspecified atom stereocenters. The van der Waals surface area contributed by atoms with E-state index in [1.165, 1.54) is 4.90 Å². The number of aromatic nitrogens is 2. The van der Waals surface area contributed by atoms with Crippen LogP contribution in [0.3, 0.4) is 0 Å². The lowest BCUT2D eigenvalue weighted by molar-refractivity contribution is -0.133. The summed E-state index contributed by atoms with van der Waals surface area (Å²) >= 11 is 0. The van der Waals surface area contributed by atoms with Crippen LogP contribution in [0.25, 0.3) is 0 Å². The summed E-state index contributed by atoms with van der Waals surface area (Å²) in [4.78, 5) is 28.6. The van der Waals surface area contributed by atoms with Gasteiger partial charge in [-0.3, -0.25) is 9.59 Å². The third kappa shape index (κ3) is 6.23. The van der Waals surface area contributed by atoms with Crippen LogP contribution in [0.4, 0.5) is 0 Å². The molecule has 0 aliphatic carbocycles. The molecule has 0 saturated heterocycles. The first kappa shape index (κ1) is 18.1. The first-order valence-corrected chi connectivity index (χ1v) is 7.18. The molecule has 1 aromatic rings. The highest BCUT2D eigenvalue weighted by atomic mass is 16.5. The molecule has 124 valence electrons. The van der Waals surface area contributed by atoms with Crippen molar-refractivity contribution in [3.05, 3.63) is 18.2 Å². The molecule has 0 aliphatic heterocycles. The molecule has 1 heterocycles. The number of imidazole rings is 1. The summed E-state index contributed by atoms with van der Waals surface area (Å²) in [6.07, 6.45) is 4.44. The zero-order valence-corrected chi connectivity index (χ0v) is 13.4. The fourth-order valence-electron chi connectivity index (χ4n) is 1.70. The Morgan fingerprint density at radius 2 is 2.23 bits per heavy atom. The van der Waals surface area contributed by atoms with Gasteiger partial charge in [-0.2, -0.15) is 0 Å². The van der Waals surface area contributed by atoms with E-state index in [0.29, 0.717) is 26.0 Å². The largest absolute Gasteiger partial charge is 0.372 e. The standard InChI is InChI=1S/C14H25N5O3/c1-18(2)13(20)9-22-6-4-5-17-14(21)12(15)7-11-8-16-10-19(11)3/h8,10,12H,4-7,9,15H2,1-3H3,(H,17,21). The van der Waals surface area contributed by atoms with Gasteiger partial charge in [0.1, 0.15) is 6.61 Å². The second-order valence-electron chi connectivity index (χ2n) is 5.29. The zero-order valence-electron chi connectivity index (χ0n) is 13.4. The molecule has 0 fully saturated rings. The summed E-state index contributed by atoms with van der Waals surface area (Å²) in [6.45, 7) is 0.936. The maximum atomic E-state index is 11.8. The molecule has 8 heteroatoms. The third-order valence-electron chi connectivity index (χ3n) is 3.17. The number of likely N-dealkylation sites (N-methyl/N-ethyl adjacent to an activating group) is 1. The van der Waals surface area contributed by atoms with Crippen LogP contribution in [0.2, 0.25) is 0 Å². The smallest absolute Gasteiger partial charge is 0.248 e. The van der Waals surface area contributed by atoms with Gasteiger partial charge in [0.25, 0.3) is 0 Å². The lowest BCUT2D eigenvalue weighted by Crippen LogP contribution is -2.42. The number of rotatable bonds is 9. The summed E-state index contributed by atoms with van der Waals surface area (Å²) < 4.78 is 7.05. The van der Waals surface area contributed by atoms with E-state index in [-0.39, 0.29) is 18.4 Å². The van der Waals surface area contributed by atoms with Crippen LogP contribution in [0.15, 0.2) is 12.5 Å². The minimum Gasteiger partial charge on any atom is -0.372 e. The van der Waals surface area contributed by atoms with Gasteiger partial charge < -0.3 is 25.3 Å². The predicted molar refractivity (Wildman–Crippen MR) is 82.0 cm³/mol. The molecule has 3 N–H and O–H groups in total. The summed E-state index contributed by atoms with van der Waals surface area (Å²) in [5, 5.41) is 2.76. The van der Waals surface area contributed by atoms with E-state index in [1.54, 1.807) is 26.6 Å². The van der Waals surface area contributed by atoms with Crippen LogP contribution in [-0.4, -0.2) is 66.2 Å². The highest BCUT2D eigenvalue weighted by molar-refractivity contribution is 5.81. The second kappa shape index (κ2) is 9.16. The Labute approximate surface area is 130 Å². The van der Waals surface area contributed by atoms with Crippen LogP contribution < -0.4 is 11.1 Å². The topological polar surface area (TPSA) is 102 Å². The lowest BCUT2D eigenvalue weighted by atomic mass is 10.1. The van der Waals surface area contributed by atoms with Crippen molar-refractivity contribution in [2.75, 3.05) is 33.9 Å². The van der Waals surface area contributed by atoms with Crippen molar-refractivity contribution in [2.24, 2.45) is 12.8 Å². The van der Waals surface area contributed by atoms with Gasteiger partial charge in [-0.05, 0) is 6.42 Å². The molecule has 0 saturated carbocycles. The Morgan fingerprint density at radius 3 is 2.82 bits per heavy atom. The summed E-state index contributed by atoms with van der Waals surface area (Å²) in [5.41, 5.74) is 6.77. The van der Waals surface area contributed by atoms with Gasteiger partial charge >= 0.3 is 0 Å². The zero-order chi connectivity index (χ0) is 16.5. The minimum atomic E-state index is -0.605. The van der Waals surface area contributed by atoms with Gasteiger partial charge in [-0.15, -0.1) is 0 Å². The van der Waals surface area contributed by atoms with Crippen molar-refractivity contribution in [1.82, 2.24) is 19.8 Å². The minimum absolute atomic E-state index is 0.0565. The van der Waals surface area contributed by atoms with Crippen LogP contribution >= 0.6 is 0 Å². The first-order chi connectivity index (χ1) is 10.4. The number of hydrogen-bond donors (Lipinski definition) is 2. The monoisotopic (exact) mass is 311 g/mol. The van der Waals surface area contributed by atoms with E-state index in [2.05, 4.69) is 10.3 Å². The van der Waals surface area contributed by atoms with Gasteiger partial charge in [0.15, 0.2) is 0 Å². The Kier molecular flexibility index (Phi) is 7.55. The van der Waals surface area contributed by atoms with Gasteiger partial charge in [0.05, 0.1) is 12.4 Å². The van der Waals surface area contributed by atoms with Gasteiger partial charge in [-0.1, -0.05) is 0 Å². The molecule has 1 rings (SSSR count). The molecule has 0 aromatic carbocycles. The molecular weight excluding hydrogens is 286 g/mol. The van der Waals surface area contributed by atoms with Crippen molar-refractivity contribution in [1.29, 1.82) is 0 Å². The summed E-state index contributed by atoms with van der Waals surface area (Å²) in [7, 11) is 5.21. The second-order valence-corrected chi connectivity index (χ2v) is 5.29. The quantitative estimate of drug-likeness (QED) is 0.564. The number of nitrogens with one attached hydrogen (secondary N) is 1. The molecule has 1 aromatic heterocycles. The highest BCUT2D eigenvalue weighted by Gasteiger charge is 2.15. The number of carbonyl (C=O) groups excluding carboxylic acids is 2. The van der Waals surface area contributed by atoms with Crippen molar-refractivity contribution < 1.29 is 14.3 Å². The van der Waals surface area contributed by atoms with E-state index in [9.17, 15) is 9.59 Å². The van der Waals surface area contributed by atoms with E-state index in [1.807, 2.05) is 11.6 Å². The lowest BCUT2D eigenvalue weighted by Gasteiger charge is -2.13. The van der Waals surface area contributed by atoms with E-state index in [0.717, 1.165) is 5.69 Å². The SMILES string of the molecule is CN(C)C(=O)COCCCNC(=O)C(N)Cc1cncn1C. The maximum absolute atomic E-state index is 11.8. The van der Waals surface area contributed by atoms with Crippen molar-refractivity contribution in [3.63, 3.8) is 0 Å². The molecule has 0 radical (unpaired) electrons. The first-order valence-electron chi connectivity index (χ1n) is 7.18. The number of aryl methyl sites for hydroxylation is 1. The van der Waals surface area contributed by atoms with Crippen LogP contribution in [0.1, 0.15) is 12.1 Å². The fraction of sp³-hybridized carbons (Fsp3) is 0.643. The molecule has 22 heavy (non-hydrogen) atoms. The van der Waals surface area contributed by atoms with E-state index < -0.39 is 6.04 Å². The van der Waals surface area contributed by atoms with Crippen LogP contribution in [-0.2, 0) is 27.8 Å². The average molecular weight is 311 g/mol. The molecule has 1 atom stereocenters. The molecule has 8 nitrogen and oxygen atoms in total. The number of ether oxygens (including phenoxy) is 1. The van der Waals surface area contributed by atoms with Gasteiger partial charge in [0, 0.05) is 52.6 Å². The average Bonchev–Trinajstić information content (AvgIpc) is 2.87. The number of carbonyl (C=O) groups is 2. The van der Waals surface area contributed by atoms with Crippen LogP contribution in [0, 0.1) is 0 Å². The number of hydrogen-bond acceptors (Lipinski definition) is 5. The Bertz CT molecular complexity index is 487. The van der Waals surface area contributed by atoms with Gasteiger partial charge in [-0.25, -0.2) is 4.98 Å². The Balaban J connectivity index is 2.13. The highest BCUT2D eigenvalue weighted by Crippen LogP contribution is 2.00. The van der Waals surface area contributed by atoms with Crippen molar-refractivity contribution in [3.8, 4) is 0 Å². The van der Waals surface area contributed by atoms with E-state index >= 15 is 0 Å². The van der Waals surface area contributed by atoms with Crippen molar-refractivity contribution >= 4 is 11.8 Å². The molecule has 0 spiro atoms. The maximum Gasteiger partial charge on any atom is 0.248 e. The molecule has 0 bridgehead atoms. The van der Waals surface area contributed by atoms with Gasteiger partial charge in [0.2, 0.25) is 11.8 Å². The van der Waals surface area contributed by atoms with Crippen LogP contribution in [0.5, 0.6) is 0 Å². The van der Waals surface area contributed by atoms with E-state index in [4.69, 9.17) is 10.5 Å². The molecule has 0 aliphatic rings. The normalized spacial score (nSPS) is 12.0. The number of nitrogens with zero attached hydrogens (tertiary/aromatic N) is 3.